The number of likely N-dealkylation sites (N-methyl/N-ethyl adjacent to an activating group) is 1. The molecule has 0 unspecified atom stereocenters. The molecule has 0 aliphatic carbocycles. The van der Waals surface area contributed by atoms with Crippen molar-refractivity contribution in [2.75, 3.05) is 38.1 Å². The van der Waals surface area contributed by atoms with E-state index in [1.54, 1.807) is 6.07 Å². The van der Waals surface area contributed by atoms with Crippen LogP contribution in [-0.4, -0.2) is 43.2 Å². The minimum atomic E-state index is 0.394. The maximum absolute atomic E-state index is 9.80. The van der Waals surface area contributed by atoms with Gasteiger partial charge in [0.25, 0.3) is 0 Å². The number of piperazine rings is 1. The Morgan fingerprint density at radius 2 is 1.71 bits per heavy atom. The third-order valence-electron chi connectivity index (χ3n) is 2.97. The van der Waals surface area contributed by atoms with Crippen molar-refractivity contribution >= 4 is 5.69 Å². The molecule has 1 N–H and O–H groups in total. The number of rotatable bonds is 1. The van der Waals surface area contributed by atoms with Crippen molar-refractivity contribution in [3.8, 4) is 5.75 Å². The van der Waals surface area contributed by atoms with Gasteiger partial charge in [-0.2, -0.15) is 0 Å². The number of phenols is 1. The molecule has 2 rings (SSSR count). The summed E-state index contributed by atoms with van der Waals surface area (Å²) in [6, 6.07) is 5.78. The van der Waals surface area contributed by atoms with E-state index in [1.807, 2.05) is 6.07 Å². The summed E-state index contributed by atoms with van der Waals surface area (Å²) in [6.45, 7) is 12.2. The highest BCUT2D eigenvalue weighted by atomic mass is 16.3. The van der Waals surface area contributed by atoms with E-state index >= 15 is 0 Å². The molecule has 0 saturated carbocycles. The molecule has 17 heavy (non-hydrogen) atoms. The van der Waals surface area contributed by atoms with Crippen LogP contribution in [0.2, 0.25) is 0 Å². The molecule has 1 aliphatic rings. The van der Waals surface area contributed by atoms with E-state index < -0.39 is 0 Å². The average Bonchev–Trinajstić information content (AvgIpc) is 2.36. The zero-order valence-electron chi connectivity index (χ0n) is 10.8. The third-order valence-corrected chi connectivity index (χ3v) is 2.97. The van der Waals surface area contributed by atoms with Crippen molar-refractivity contribution in [2.45, 2.75) is 6.92 Å². The summed E-state index contributed by atoms with van der Waals surface area (Å²) in [7, 11) is 2.13. The lowest BCUT2D eigenvalue weighted by molar-refractivity contribution is 0.311. The molecule has 1 aliphatic heterocycles. The Morgan fingerprint density at radius 1 is 1.12 bits per heavy atom. The molecule has 3 nitrogen and oxygen atoms in total. The van der Waals surface area contributed by atoms with Gasteiger partial charge in [0.2, 0.25) is 0 Å². The zero-order chi connectivity index (χ0) is 12.8. The Balaban J connectivity index is 0.000000686. The molecule has 1 heterocycles. The highest BCUT2D eigenvalue weighted by Gasteiger charge is 2.16. The van der Waals surface area contributed by atoms with Crippen LogP contribution in [0.4, 0.5) is 5.69 Å². The lowest BCUT2D eigenvalue weighted by atomic mass is 10.1. The van der Waals surface area contributed by atoms with Gasteiger partial charge < -0.3 is 14.9 Å². The fourth-order valence-corrected chi connectivity index (χ4v) is 1.93. The van der Waals surface area contributed by atoms with Crippen LogP contribution in [0.1, 0.15) is 5.56 Å². The number of aryl methyl sites for hydroxylation is 1. The number of nitrogens with zero attached hydrogens (tertiary/aromatic N) is 2. The number of aromatic hydroxyl groups is 1. The predicted octanol–water partition coefficient (Wildman–Crippen LogP) is 2.25. The Bertz CT molecular complexity index is 357. The van der Waals surface area contributed by atoms with E-state index in [2.05, 4.69) is 43.0 Å². The quantitative estimate of drug-likeness (QED) is 0.755. The Labute approximate surface area is 104 Å². The van der Waals surface area contributed by atoms with Gasteiger partial charge in [0.05, 0.1) is 5.69 Å². The van der Waals surface area contributed by atoms with Crippen molar-refractivity contribution < 1.29 is 5.11 Å². The third kappa shape index (κ3) is 3.49. The lowest BCUT2D eigenvalue weighted by Gasteiger charge is -2.34. The topological polar surface area (TPSA) is 26.7 Å². The molecular formula is C14H22N2O. The van der Waals surface area contributed by atoms with Gasteiger partial charge in [-0.3, -0.25) is 0 Å². The Hall–Kier alpha value is -1.48. The van der Waals surface area contributed by atoms with Crippen LogP contribution in [0.15, 0.2) is 31.4 Å². The summed E-state index contributed by atoms with van der Waals surface area (Å²) in [6.07, 6.45) is 0. The minimum Gasteiger partial charge on any atom is -0.506 e. The minimum absolute atomic E-state index is 0.394. The van der Waals surface area contributed by atoms with Gasteiger partial charge in [0.1, 0.15) is 5.75 Å². The molecule has 0 spiro atoms. The van der Waals surface area contributed by atoms with Crippen LogP contribution in [0, 0.1) is 6.92 Å². The maximum Gasteiger partial charge on any atom is 0.138 e. The van der Waals surface area contributed by atoms with Crippen LogP contribution in [-0.2, 0) is 0 Å². The zero-order valence-corrected chi connectivity index (χ0v) is 10.8. The van der Waals surface area contributed by atoms with Gasteiger partial charge in [-0.25, -0.2) is 0 Å². The molecule has 0 bridgehead atoms. The molecule has 1 fully saturated rings. The van der Waals surface area contributed by atoms with Gasteiger partial charge in [0, 0.05) is 26.2 Å². The summed E-state index contributed by atoms with van der Waals surface area (Å²) in [4.78, 5) is 4.56. The van der Waals surface area contributed by atoms with Gasteiger partial charge in [-0.15, -0.1) is 13.2 Å². The second kappa shape index (κ2) is 6.30. The standard InChI is InChI=1S/C12H18N2O.C2H4/c1-10-3-4-12(15)11(9-10)14-7-5-13(2)6-8-14;1-2/h3-4,9,15H,5-8H2,1-2H3;1-2H2. The van der Waals surface area contributed by atoms with Crippen LogP contribution >= 0.6 is 0 Å². The van der Waals surface area contributed by atoms with Crippen LogP contribution in [0.25, 0.3) is 0 Å². The molecule has 0 amide bonds. The Kier molecular flexibility index (Phi) is 5.04. The first-order chi connectivity index (χ1) is 8.16. The summed E-state index contributed by atoms with van der Waals surface area (Å²) < 4.78 is 0. The van der Waals surface area contributed by atoms with Crippen molar-refractivity contribution in [1.29, 1.82) is 0 Å². The van der Waals surface area contributed by atoms with E-state index in [0.29, 0.717) is 5.75 Å². The molecule has 1 aromatic rings. The summed E-state index contributed by atoms with van der Waals surface area (Å²) in [5.41, 5.74) is 2.17. The largest absolute Gasteiger partial charge is 0.506 e. The molecular weight excluding hydrogens is 212 g/mol. The van der Waals surface area contributed by atoms with Gasteiger partial charge >= 0.3 is 0 Å². The van der Waals surface area contributed by atoms with E-state index in [-0.39, 0.29) is 0 Å². The Morgan fingerprint density at radius 3 is 2.29 bits per heavy atom. The fourth-order valence-electron chi connectivity index (χ4n) is 1.93. The number of hydrogen-bond acceptors (Lipinski definition) is 3. The molecule has 0 atom stereocenters. The van der Waals surface area contributed by atoms with E-state index in [0.717, 1.165) is 31.9 Å². The summed E-state index contributed by atoms with van der Waals surface area (Å²) >= 11 is 0. The lowest BCUT2D eigenvalue weighted by Crippen LogP contribution is -2.44. The number of hydrogen-bond donors (Lipinski definition) is 1. The highest BCUT2D eigenvalue weighted by Crippen LogP contribution is 2.28. The van der Waals surface area contributed by atoms with Crippen molar-refractivity contribution in [3.63, 3.8) is 0 Å². The van der Waals surface area contributed by atoms with E-state index in [9.17, 15) is 5.11 Å². The number of anilines is 1. The molecule has 0 aromatic heterocycles. The molecule has 94 valence electrons. The molecule has 3 heteroatoms. The van der Waals surface area contributed by atoms with Crippen LogP contribution in [0.3, 0.4) is 0 Å². The first kappa shape index (κ1) is 13.6. The van der Waals surface area contributed by atoms with Gasteiger partial charge in [0.15, 0.2) is 0 Å². The molecule has 1 aromatic carbocycles. The first-order valence-corrected chi connectivity index (χ1v) is 5.90. The van der Waals surface area contributed by atoms with Crippen LogP contribution in [0.5, 0.6) is 5.75 Å². The normalized spacial score (nSPS) is 16.2. The van der Waals surface area contributed by atoms with E-state index in [4.69, 9.17) is 0 Å². The maximum atomic E-state index is 9.80. The number of benzene rings is 1. The number of phenolic OH excluding ortho intramolecular Hbond substituents is 1. The van der Waals surface area contributed by atoms with Gasteiger partial charge in [-0.1, -0.05) is 6.07 Å². The summed E-state index contributed by atoms with van der Waals surface area (Å²) in [5, 5.41) is 9.80. The highest BCUT2D eigenvalue weighted by molar-refractivity contribution is 5.59. The predicted molar refractivity (Wildman–Crippen MR) is 73.8 cm³/mol. The second-order valence-electron chi connectivity index (χ2n) is 4.28. The smallest absolute Gasteiger partial charge is 0.138 e. The van der Waals surface area contributed by atoms with Crippen molar-refractivity contribution in [2.24, 2.45) is 0 Å². The summed E-state index contributed by atoms with van der Waals surface area (Å²) in [5.74, 6) is 0.394. The molecule has 1 saturated heterocycles. The van der Waals surface area contributed by atoms with Crippen molar-refractivity contribution in [1.82, 2.24) is 4.90 Å². The van der Waals surface area contributed by atoms with Gasteiger partial charge in [-0.05, 0) is 31.7 Å². The first-order valence-electron chi connectivity index (χ1n) is 5.90. The average molecular weight is 234 g/mol. The second-order valence-corrected chi connectivity index (χ2v) is 4.28. The molecule has 0 radical (unpaired) electrons. The van der Waals surface area contributed by atoms with Crippen molar-refractivity contribution in [3.05, 3.63) is 36.9 Å². The van der Waals surface area contributed by atoms with E-state index in [1.165, 1.54) is 5.56 Å². The fraction of sp³-hybridized carbons (Fsp3) is 0.429. The monoisotopic (exact) mass is 234 g/mol. The SMILES string of the molecule is C=C.Cc1ccc(O)c(N2CCN(C)CC2)c1. The van der Waals surface area contributed by atoms with Crippen LogP contribution < -0.4 is 4.90 Å².